The summed E-state index contributed by atoms with van der Waals surface area (Å²) in [5.74, 6) is 8.00. The van der Waals surface area contributed by atoms with Crippen LogP contribution in [0.1, 0.15) is 19.4 Å². The monoisotopic (exact) mass is 825 g/mol. The first-order valence-corrected chi connectivity index (χ1v) is 22.8. The molecule has 0 N–H and O–H groups in total. The molecule has 227 valence electrons. The number of aromatic nitrogens is 2. The van der Waals surface area contributed by atoms with Crippen LogP contribution in [0.3, 0.4) is 0 Å². The van der Waals surface area contributed by atoms with Crippen molar-refractivity contribution in [1.82, 2.24) is 9.97 Å². The quantitative estimate of drug-likeness (QED) is 0.0982. The number of rotatable bonds is 5. The summed E-state index contributed by atoms with van der Waals surface area (Å²) in [6.45, 7) is 4.61. The van der Waals surface area contributed by atoms with Gasteiger partial charge in [0.1, 0.15) is 0 Å². The SMILES string of the molecule is CC(C)Cc1cc(-c2[c-]cc3c4ccccc4c4ccccc4c3c2)nc[c]1[Ge]([CH3])([CH3])[CH3].[Ir].[c-]1ccccc1-c1ccccn1. The molecule has 5 aromatic carbocycles. The van der Waals surface area contributed by atoms with Crippen molar-refractivity contribution < 1.29 is 20.1 Å². The van der Waals surface area contributed by atoms with Crippen molar-refractivity contribution in [3.05, 3.63) is 139 Å². The van der Waals surface area contributed by atoms with E-state index in [1.54, 1.807) is 6.20 Å². The topological polar surface area (TPSA) is 25.8 Å². The smallest absolute Gasteiger partial charge is 0.0160 e. The Hall–Kier alpha value is -3.63. The number of hydrogen-bond donors (Lipinski definition) is 0. The van der Waals surface area contributed by atoms with Gasteiger partial charge in [-0.2, -0.15) is 0 Å². The molecular formula is C41H38GeIrN2-2. The average molecular weight is 824 g/mol. The maximum absolute atomic E-state index is 4.95. The molecule has 0 spiro atoms. The van der Waals surface area contributed by atoms with Crippen LogP contribution in [0.2, 0.25) is 17.3 Å². The molecule has 0 fully saturated rings. The Morgan fingerprint density at radius 1 is 0.622 bits per heavy atom. The Balaban J connectivity index is 0.000000258. The Bertz CT molecular complexity index is 1980. The molecule has 0 aliphatic heterocycles. The third-order valence-corrected chi connectivity index (χ3v) is 12.4. The molecule has 7 rings (SSSR count). The molecule has 4 heteroatoms. The van der Waals surface area contributed by atoms with Gasteiger partial charge in [0.05, 0.1) is 0 Å². The van der Waals surface area contributed by atoms with Crippen LogP contribution >= 0.6 is 0 Å². The fourth-order valence-electron chi connectivity index (χ4n) is 5.99. The van der Waals surface area contributed by atoms with E-state index in [4.69, 9.17) is 4.98 Å². The summed E-state index contributed by atoms with van der Waals surface area (Å²) < 4.78 is 1.53. The number of hydrogen-bond acceptors (Lipinski definition) is 2. The second kappa shape index (κ2) is 14.2. The molecule has 0 unspecified atom stereocenters. The molecule has 1 radical (unpaired) electrons. The van der Waals surface area contributed by atoms with Gasteiger partial charge in [-0.25, -0.2) is 0 Å². The van der Waals surface area contributed by atoms with Crippen LogP contribution in [0.25, 0.3) is 54.8 Å². The first kappa shape index (κ1) is 32.8. The van der Waals surface area contributed by atoms with E-state index in [1.165, 1.54) is 42.3 Å². The van der Waals surface area contributed by atoms with Gasteiger partial charge in [0.15, 0.2) is 0 Å². The van der Waals surface area contributed by atoms with Crippen LogP contribution in [-0.2, 0) is 26.5 Å². The predicted molar refractivity (Wildman–Crippen MR) is 191 cm³/mol. The molecule has 2 nitrogen and oxygen atoms in total. The number of pyridine rings is 2. The number of nitrogens with zero attached hydrogens (tertiary/aromatic N) is 2. The zero-order valence-electron chi connectivity index (χ0n) is 26.6. The molecule has 0 aliphatic carbocycles. The summed E-state index contributed by atoms with van der Waals surface area (Å²) in [6, 6.07) is 44.6. The largest absolute Gasteiger partial charge is 0.305 e. The summed E-state index contributed by atoms with van der Waals surface area (Å²) in [6.07, 6.45) is 5.06. The summed E-state index contributed by atoms with van der Waals surface area (Å²) in [7, 11) is 0. The van der Waals surface area contributed by atoms with Crippen LogP contribution in [0.5, 0.6) is 0 Å². The molecule has 7 aromatic rings. The van der Waals surface area contributed by atoms with Crippen LogP contribution < -0.4 is 4.40 Å². The average Bonchev–Trinajstić information content (AvgIpc) is 3.05. The maximum Gasteiger partial charge on any atom is 0.0160 e. The first-order valence-electron chi connectivity index (χ1n) is 15.4. The van der Waals surface area contributed by atoms with E-state index in [0.717, 1.165) is 28.9 Å². The molecule has 0 bridgehead atoms. The zero-order valence-corrected chi connectivity index (χ0v) is 31.1. The van der Waals surface area contributed by atoms with E-state index in [9.17, 15) is 0 Å². The molecule has 0 saturated carbocycles. The first-order chi connectivity index (χ1) is 21.3. The van der Waals surface area contributed by atoms with Crippen molar-refractivity contribution in [2.45, 2.75) is 37.5 Å². The van der Waals surface area contributed by atoms with E-state index >= 15 is 0 Å². The molecule has 0 aliphatic rings. The normalized spacial score (nSPS) is 11.3. The molecule has 0 atom stereocenters. The zero-order chi connectivity index (χ0) is 30.7. The molecule has 0 saturated heterocycles. The standard InChI is InChI=1S/C30H30GeN.C11H8N.Ir/c1-20(2)16-22-18-30(32-19-29(22)31(3,4)5)21-14-15-27-25-12-7-6-10-23(25)24-11-8-9-13-26(24)28(27)17-21;1-2-6-10(7-3-1)11-8-4-5-9-12-11;/h6-13,15,17-20H,16H2,1-5H3;1-6,8-9H;/q2*-1;. The van der Waals surface area contributed by atoms with Gasteiger partial charge < -0.3 is 4.98 Å². The van der Waals surface area contributed by atoms with Crippen molar-refractivity contribution in [3.63, 3.8) is 0 Å². The minimum atomic E-state index is -1.99. The number of benzene rings is 5. The van der Waals surface area contributed by atoms with Crippen molar-refractivity contribution >= 4 is 50.0 Å². The Morgan fingerprint density at radius 3 is 1.82 bits per heavy atom. The van der Waals surface area contributed by atoms with Gasteiger partial charge >= 0.3 is 194 Å². The van der Waals surface area contributed by atoms with E-state index < -0.39 is 13.3 Å². The molecule has 2 heterocycles. The molecule has 2 aromatic heterocycles. The maximum atomic E-state index is 4.95. The molecule has 45 heavy (non-hydrogen) atoms. The van der Waals surface area contributed by atoms with Gasteiger partial charge in [0.2, 0.25) is 0 Å². The van der Waals surface area contributed by atoms with Crippen molar-refractivity contribution in [1.29, 1.82) is 0 Å². The minimum absolute atomic E-state index is 0. The molecular weight excluding hydrogens is 785 g/mol. The van der Waals surface area contributed by atoms with Crippen molar-refractivity contribution in [2.75, 3.05) is 0 Å². The van der Waals surface area contributed by atoms with Gasteiger partial charge in [-0.3, -0.25) is 0 Å². The van der Waals surface area contributed by atoms with Crippen LogP contribution in [0, 0.1) is 18.1 Å². The molecule has 0 amide bonds. The van der Waals surface area contributed by atoms with E-state index in [1.807, 2.05) is 42.5 Å². The van der Waals surface area contributed by atoms with Gasteiger partial charge in [-0.15, -0.1) is 35.9 Å². The predicted octanol–water partition coefficient (Wildman–Crippen LogP) is 10.3. The fourth-order valence-corrected chi connectivity index (χ4v) is 9.33. The van der Waals surface area contributed by atoms with E-state index in [2.05, 4.69) is 121 Å². The number of fused-ring (bicyclic) bond motifs is 6. The van der Waals surface area contributed by atoms with Gasteiger partial charge in [0, 0.05) is 26.3 Å². The minimum Gasteiger partial charge on any atom is -0.305 e. The second-order valence-electron chi connectivity index (χ2n) is 12.8. The van der Waals surface area contributed by atoms with Crippen LogP contribution in [0.15, 0.2) is 122 Å². The van der Waals surface area contributed by atoms with Crippen molar-refractivity contribution in [2.24, 2.45) is 5.92 Å². The van der Waals surface area contributed by atoms with E-state index in [0.29, 0.717) is 5.92 Å². The Kier molecular flexibility index (Phi) is 10.3. The third kappa shape index (κ3) is 7.28. The van der Waals surface area contributed by atoms with Crippen LogP contribution in [-0.4, -0.2) is 23.2 Å². The summed E-state index contributed by atoms with van der Waals surface area (Å²) in [4.78, 5) is 9.17. The van der Waals surface area contributed by atoms with Gasteiger partial charge in [-0.1, -0.05) is 12.1 Å². The fraction of sp³-hybridized carbons (Fsp3) is 0.171. The second-order valence-corrected chi connectivity index (χ2v) is 23.4. The van der Waals surface area contributed by atoms with E-state index in [-0.39, 0.29) is 20.1 Å². The summed E-state index contributed by atoms with van der Waals surface area (Å²) in [5.41, 5.74) is 5.61. The summed E-state index contributed by atoms with van der Waals surface area (Å²) in [5, 5.41) is 7.71. The van der Waals surface area contributed by atoms with Crippen LogP contribution in [0.4, 0.5) is 0 Å². The van der Waals surface area contributed by atoms with Gasteiger partial charge in [-0.05, 0) is 11.8 Å². The Labute approximate surface area is 283 Å². The van der Waals surface area contributed by atoms with Gasteiger partial charge in [0.25, 0.3) is 0 Å². The summed E-state index contributed by atoms with van der Waals surface area (Å²) >= 11 is -1.99. The Morgan fingerprint density at radius 2 is 1.24 bits per heavy atom. The third-order valence-electron chi connectivity index (χ3n) is 8.03. The van der Waals surface area contributed by atoms with Crippen molar-refractivity contribution in [3.8, 4) is 22.5 Å².